The van der Waals surface area contributed by atoms with Gasteiger partial charge in [-0.1, -0.05) is 6.92 Å². The zero-order valence-corrected chi connectivity index (χ0v) is 17.9. The molecule has 0 aliphatic carbocycles. The van der Waals surface area contributed by atoms with Gasteiger partial charge in [0.2, 0.25) is 0 Å². The molecule has 1 aromatic carbocycles. The van der Waals surface area contributed by atoms with Crippen LogP contribution in [0.4, 0.5) is 16.0 Å². The molecule has 0 amide bonds. The number of aromatic nitrogens is 7. The van der Waals surface area contributed by atoms with Crippen molar-refractivity contribution in [3.8, 4) is 17.1 Å². The van der Waals surface area contributed by atoms with Crippen molar-refractivity contribution in [1.82, 2.24) is 34.5 Å². The number of nitrogens with zero attached hydrogens (tertiary/aromatic N) is 7. The molecule has 0 radical (unpaired) electrons. The topological polar surface area (TPSA) is 86.3 Å². The van der Waals surface area contributed by atoms with Gasteiger partial charge in [0, 0.05) is 42.0 Å². The van der Waals surface area contributed by atoms with E-state index in [0.717, 1.165) is 45.7 Å². The molecule has 0 unspecified atom stereocenters. The Morgan fingerprint density at radius 3 is 2.66 bits per heavy atom. The first-order valence-electron chi connectivity index (χ1n) is 10.3. The molecule has 1 N–H and O–H groups in total. The van der Waals surface area contributed by atoms with E-state index >= 15 is 0 Å². The molecule has 0 fully saturated rings. The molecule has 9 heteroatoms. The SMILES string of the molecule is CCc1c(-c2ccc(F)cc2)nn(C)c1Nc1cc(-n2nc(C)c3cnccc32)ncn1. The van der Waals surface area contributed by atoms with Crippen molar-refractivity contribution in [1.29, 1.82) is 0 Å². The maximum Gasteiger partial charge on any atom is 0.159 e. The second-order valence-electron chi connectivity index (χ2n) is 7.44. The largest absolute Gasteiger partial charge is 0.325 e. The molecule has 0 aliphatic heterocycles. The number of rotatable bonds is 5. The number of fused-ring (bicyclic) bond motifs is 1. The Labute approximate surface area is 183 Å². The van der Waals surface area contributed by atoms with Crippen molar-refractivity contribution in [2.75, 3.05) is 5.32 Å². The third-order valence-electron chi connectivity index (χ3n) is 5.40. The van der Waals surface area contributed by atoms with Gasteiger partial charge in [-0.2, -0.15) is 10.2 Å². The van der Waals surface area contributed by atoms with E-state index in [-0.39, 0.29) is 5.82 Å². The van der Waals surface area contributed by atoms with Crippen LogP contribution in [0.3, 0.4) is 0 Å². The summed E-state index contributed by atoms with van der Waals surface area (Å²) >= 11 is 0. The first kappa shape index (κ1) is 19.8. The summed E-state index contributed by atoms with van der Waals surface area (Å²) in [5, 5.41) is 13.6. The summed E-state index contributed by atoms with van der Waals surface area (Å²) < 4.78 is 16.9. The van der Waals surface area contributed by atoms with Crippen LogP contribution in [0.25, 0.3) is 28.0 Å². The molecular formula is C23H21FN8. The average molecular weight is 428 g/mol. The summed E-state index contributed by atoms with van der Waals surface area (Å²) in [6.45, 7) is 4.01. The second-order valence-corrected chi connectivity index (χ2v) is 7.44. The molecule has 0 spiro atoms. The normalized spacial score (nSPS) is 11.2. The quantitative estimate of drug-likeness (QED) is 0.448. The molecule has 0 saturated carbocycles. The van der Waals surface area contributed by atoms with Crippen LogP contribution in [0.15, 0.2) is 55.1 Å². The monoisotopic (exact) mass is 428 g/mol. The highest BCUT2D eigenvalue weighted by atomic mass is 19.1. The van der Waals surface area contributed by atoms with Crippen LogP contribution in [0, 0.1) is 12.7 Å². The predicted molar refractivity (Wildman–Crippen MR) is 120 cm³/mol. The summed E-state index contributed by atoms with van der Waals surface area (Å²) in [6.07, 6.45) is 5.79. The van der Waals surface area contributed by atoms with Gasteiger partial charge in [-0.15, -0.1) is 0 Å². The minimum atomic E-state index is -0.272. The molecule has 0 aliphatic rings. The van der Waals surface area contributed by atoms with E-state index in [1.807, 2.05) is 26.1 Å². The third-order valence-corrected chi connectivity index (χ3v) is 5.40. The minimum Gasteiger partial charge on any atom is -0.325 e. The van der Waals surface area contributed by atoms with Gasteiger partial charge >= 0.3 is 0 Å². The second kappa shape index (κ2) is 7.84. The van der Waals surface area contributed by atoms with Crippen molar-refractivity contribution >= 4 is 22.5 Å². The Kier molecular flexibility index (Phi) is 4.85. The fourth-order valence-corrected chi connectivity index (χ4v) is 3.83. The van der Waals surface area contributed by atoms with Crippen molar-refractivity contribution < 1.29 is 4.39 Å². The molecule has 32 heavy (non-hydrogen) atoms. The lowest BCUT2D eigenvalue weighted by Gasteiger charge is -2.10. The van der Waals surface area contributed by atoms with Crippen molar-refractivity contribution in [2.24, 2.45) is 7.05 Å². The van der Waals surface area contributed by atoms with E-state index in [1.54, 1.807) is 33.9 Å². The highest BCUT2D eigenvalue weighted by molar-refractivity contribution is 5.82. The highest BCUT2D eigenvalue weighted by Crippen LogP contribution is 2.31. The van der Waals surface area contributed by atoms with Crippen LogP contribution in [-0.4, -0.2) is 34.5 Å². The Morgan fingerprint density at radius 2 is 1.88 bits per heavy atom. The molecule has 4 aromatic heterocycles. The zero-order valence-electron chi connectivity index (χ0n) is 17.9. The lowest BCUT2D eigenvalue weighted by molar-refractivity contribution is 0.628. The van der Waals surface area contributed by atoms with E-state index in [2.05, 4.69) is 37.4 Å². The summed E-state index contributed by atoms with van der Waals surface area (Å²) in [5.41, 5.74) is 4.50. The van der Waals surface area contributed by atoms with Crippen LogP contribution in [0.5, 0.6) is 0 Å². The molecule has 0 bridgehead atoms. The number of hydrogen-bond donors (Lipinski definition) is 1. The van der Waals surface area contributed by atoms with Crippen LogP contribution in [-0.2, 0) is 13.5 Å². The molecule has 8 nitrogen and oxygen atoms in total. The average Bonchev–Trinajstić information content (AvgIpc) is 3.31. The van der Waals surface area contributed by atoms with Gasteiger partial charge < -0.3 is 5.32 Å². The van der Waals surface area contributed by atoms with Gasteiger partial charge in [0.25, 0.3) is 0 Å². The Hall–Kier alpha value is -4.14. The minimum absolute atomic E-state index is 0.272. The fraction of sp³-hybridized carbons (Fsp3) is 0.174. The molecule has 160 valence electrons. The first-order chi connectivity index (χ1) is 15.5. The van der Waals surface area contributed by atoms with Crippen LogP contribution in [0.1, 0.15) is 18.2 Å². The number of halogens is 1. The van der Waals surface area contributed by atoms with Gasteiger partial charge in [-0.05, 0) is 43.7 Å². The summed E-state index contributed by atoms with van der Waals surface area (Å²) in [7, 11) is 1.87. The predicted octanol–water partition coefficient (Wildman–Crippen LogP) is 4.36. The lowest BCUT2D eigenvalue weighted by Crippen LogP contribution is -2.05. The maximum atomic E-state index is 13.4. The van der Waals surface area contributed by atoms with Gasteiger partial charge in [0.05, 0.1) is 16.9 Å². The Balaban J connectivity index is 1.53. The number of hydrogen-bond acceptors (Lipinski definition) is 6. The number of aryl methyl sites for hydroxylation is 2. The van der Waals surface area contributed by atoms with Crippen molar-refractivity contribution in [3.05, 3.63) is 72.2 Å². The maximum absolute atomic E-state index is 13.4. The molecule has 0 atom stereocenters. The number of pyridine rings is 1. The Bertz CT molecular complexity index is 1420. The smallest absolute Gasteiger partial charge is 0.159 e. The van der Waals surface area contributed by atoms with E-state index in [0.29, 0.717) is 11.6 Å². The summed E-state index contributed by atoms with van der Waals surface area (Å²) in [4.78, 5) is 13.0. The van der Waals surface area contributed by atoms with Gasteiger partial charge in [0.1, 0.15) is 23.8 Å². The van der Waals surface area contributed by atoms with E-state index < -0.39 is 0 Å². The molecule has 5 aromatic rings. The van der Waals surface area contributed by atoms with Crippen LogP contribution < -0.4 is 5.32 Å². The summed E-state index contributed by atoms with van der Waals surface area (Å²) in [5.74, 6) is 1.81. The highest BCUT2D eigenvalue weighted by Gasteiger charge is 2.18. The standard InChI is InChI=1S/C23H21FN8/c1-4-17-22(15-5-7-16(24)8-6-15)30-31(3)23(17)28-20-11-21(27-13-26-20)32-19-9-10-25-12-18(19)14(2)29-32/h5-13H,4H2,1-3H3,(H,26,27,28). The van der Waals surface area contributed by atoms with Gasteiger partial charge in [-0.25, -0.2) is 19.0 Å². The fourth-order valence-electron chi connectivity index (χ4n) is 3.83. The molecule has 5 rings (SSSR count). The van der Waals surface area contributed by atoms with Crippen molar-refractivity contribution in [2.45, 2.75) is 20.3 Å². The molecule has 0 saturated heterocycles. The molecule has 4 heterocycles. The molecular weight excluding hydrogens is 407 g/mol. The Morgan fingerprint density at radius 1 is 1.06 bits per heavy atom. The van der Waals surface area contributed by atoms with Crippen LogP contribution in [0.2, 0.25) is 0 Å². The number of nitrogens with one attached hydrogen (secondary N) is 1. The van der Waals surface area contributed by atoms with Crippen molar-refractivity contribution in [3.63, 3.8) is 0 Å². The zero-order chi connectivity index (χ0) is 22.2. The number of anilines is 2. The first-order valence-corrected chi connectivity index (χ1v) is 10.3. The third kappa shape index (κ3) is 3.37. The van der Waals surface area contributed by atoms with E-state index in [9.17, 15) is 4.39 Å². The van der Waals surface area contributed by atoms with Gasteiger partial charge in [-0.3, -0.25) is 9.67 Å². The van der Waals surface area contributed by atoms with Gasteiger partial charge in [0.15, 0.2) is 5.82 Å². The lowest BCUT2D eigenvalue weighted by atomic mass is 10.1. The number of benzene rings is 1. The summed E-state index contributed by atoms with van der Waals surface area (Å²) in [6, 6.07) is 10.1. The van der Waals surface area contributed by atoms with E-state index in [4.69, 9.17) is 0 Å². The van der Waals surface area contributed by atoms with E-state index in [1.165, 1.54) is 18.5 Å². The van der Waals surface area contributed by atoms with Crippen LogP contribution >= 0.6 is 0 Å².